The molecule has 1 saturated carbocycles. The Morgan fingerprint density at radius 1 is 1.32 bits per heavy atom. The van der Waals surface area contributed by atoms with Crippen LogP contribution >= 0.6 is 0 Å². The highest BCUT2D eigenvalue weighted by Gasteiger charge is 2.21. The summed E-state index contributed by atoms with van der Waals surface area (Å²) >= 11 is 0. The summed E-state index contributed by atoms with van der Waals surface area (Å²) in [4.78, 5) is 26.9. The third-order valence-corrected chi connectivity index (χ3v) is 4.69. The van der Waals surface area contributed by atoms with E-state index in [4.69, 9.17) is 9.15 Å². The van der Waals surface area contributed by atoms with E-state index >= 15 is 0 Å². The molecule has 2 atom stereocenters. The number of hydrogen-bond acceptors (Lipinski definition) is 4. The molecule has 1 fully saturated rings. The SMILES string of the molecule is CC1CCCCC1OCCNC(=O)c1ccc(-c2ccco2)[nH]c1=O. The molecule has 0 aliphatic heterocycles. The van der Waals surface area contributed by atoms with Crippen molar-refractivity contribution in [2.24, 2.45) is 5.92 Å². The Labute approximate surface area is 146 Å². The predicted molar refractivity (Wildman–Crippen MR) is 94.5 cm³/mol. The predicted octanol–water partition coefficient (Wildman–Crippen LogP) is 2.96. The fraction of sp³-hybridized carbons (Fsp3) is 0.474. The maximum Gasteiger partial charge on any atom is 0.261 e. The van der Waals surface area contributed by atoms with Crippen LogP contribution in [0.3, 0.4) is 0 Å². The smallest absolute Gasteiger partial charge is 0.261 e. The molecule has 0 spiro atoms. The van der Waals surface area contributed by atoms with Gasteiger partial charge in [0.25, 0.3) is 11.5 Å². The van der Waals surface area contributed by atoms with E-state index in [1.165, 1.54) is 31.6 Å². The molecule has 2 unspecified atom stereocenters. The first-order chi connectivity index (χ1) is 12.1. The van der Waals surface area contributed by atoms with Crippen molar-refractivity contribution in [2.45, 2.75) is 38.7 Å². The van der Waals surface area contributed by atoms with E-state index in [1.807, 2.05) is 0 Å². The van der Waals surface area contributed by atoms with Crippen LogP contribution in [-0.4, -0.2) is 30.1 Å². The summed E-state index contributed by atoms with van der Waals surface area (Å²) < 4.78 is 11.1. The van der Waals surface area contributed by atoms with Crippen molar-refractivity contribution in [3.8, 4) is 11.5 Å². The van der Waals surface area contributed by atoms with Crippen molar-refractivity contribution >= 4 is 5.91 Å². The monoisotopic (exact) mass is 344 g/mol. The first-order valence-electron chi connectivity index (χ1n) is 8.82. The zero-order valence-corrected chi connectivity index (χ0v) is 14.4. The standard InChI is InChI=1S/C19H24N2O4/c1-13-5-2-3-6-16(13)25-12-10-20-18(22)14-8-9-15(21-19(14)23)17-7-4-11-24-17/h4,7-9,11,13,16H,2-3,5-6,10,12H2,1H3,(H,20,22)(H,21,23). The molecule has 1 aliphatic carbocycles. The van der Waals surface area contributed by atoms with Gasteiger partial charge in [0.15, 0.2) is 0 Å². The number of aromatic amines is 1. The van der Waals surface area contributed by atoms with Gasteiger partial charge in [0.1, 0.15) is 11.3 Å². The number of pyridine rings is 1. The third-order valence-electron chi connectivity index (χ3n) is 4.69. The average molecular weight is 344 g/mol. The number of nitrogens with one attached hydrogen (secondary N) is 2. The molecule has 2 N–H and O–H groups in total. The Kier molecular flexibility index (Phi) is 5.71. The summed E-state index contributed by atoms with van der Waals surface area (Å²) in [7, 11) is 0. The molecule has 1 aliphatic rings. The molecule has 0 saturated heterocycles. The van der Waals surface area contributed by atoms with Gasteiger partial charge in [-0.15, -0.1) is 0 Å². The molecular weight excluding hydrogens is 320 g/mol. The molecule has 25 heavy (non-hydrogen) atoms. The lowest BCUT2D eigenvalue weighted by atomic mass is 9.88. The first kappa shape index (κ1) is 17.5. The number of hydrogen-bond donors (Lipinski definition) is 2. The molecule has 1 amide bonds. The van der Waals surface area contributed by atoms with E-state index < -0.39 is 11.5 Å². The van der Waals surface area contributed by atoms with Crippen molar-refractivity contribution in [3.05, 3.63) is 46.4 Å². The molecule has 6 heteroatoms. The number of H-pyrrole nitrogens is 1. The van der Waals surface area contributed by atoms with E-state index in [2.05, 4.69) is 17.2 Å². The summed E-state index contributed by atoms with van der Waals surface area (Å²) in [5.74, 6) is 0.730. The second-order valence-corrected chi connectivity index (χ2v) is 6.52. The number of aromatic nitrogens is 1. The minimum Gasteiger partial charge on any atom is -0.463 e. The number of rotatable bonds is 6. The number of carbonyl (C=O) groups excluding carboxylic acids is 1. The number of carbonyl (C=O) groups is 1. The van der Waals surface area contributed by atoms with Crippen LogP contribution in [0.4, 0.5) is 0 Å². The van der Waals surface area contributed by atoms with E-state index in [9.17, 15) is 9.59 Å². The number of ether oxygens (including phenoxy) is 1. The van der Waals surface area contributed by atoms with Crippen LogP contribution in [-0.2, 0) is 4.74 Å². The maximum absolute atomic E-state index is 12.2. The lowest BCUT2D eigenvalue weighted by molar-refractivity contribution is -0.00294. The van der Waals surface area contributed by atoms with Crippen LogP contribution in [0.15, 0.2) is 39.7 Å². The van der Waals surface area contributed by atoms with Gasteiger partial charge >= 0.3 is 0 Å². The Morgan fingerprint density at radius 2 is 2.16 bits per heavy atom. The van der Waals surface area contributed by atoms with Crippen LogP contribution in [0, 0.1) is 5.92 Å². The van der Waals surface area contributed by atoms with Gasteiger partial charge in [-0.25, -0.2) is 0 Å². The molecule has 6 nitrogen and oxygen atoms in total. The molecule has 0 radical (unpaired) electrons. The highest BCUT2D eigenvalue weighted by molar-refractivity contribution is 5.94. The Hall–Kier alpha value is -2.34. The van der Waals surface area contributed by atoms with Crippen LogP contribution in [0.25, 0.3) is 11.5 Å². The number of amides is 1. The van der Waals surface area contributed by atoms with E-state index in [0.29, 0.717) is 30.5 Å². The minimum absolute atomic E-state index is 0.0846. The second kappa shape index (κ2) is 8.16. The topological polar surface area (TPSA) is 84.3 Å². The van der Waals surface area contributed by atoms with Gasteiger partial charge in [-0.1, -0.05) is 19.8 Å². The molecule has 0 aromatic carbocycles. The van der Waals surface area contributed by atoms with Gasteiger partial charge in [0, 0.05) is 6.54 Å². The highest BCUT2D eigenvalue weighted by atomic mass is 16.5. The van der Waals surface area contributed by atoms with Crippen LogP contribution in [0.2, 0.25) is 0 Å². The van der Waals surface area contributed by atoms with E-state index in [1.54, 1.807) is 18.2 Å². The third kappa shape index (κ3) is 4.39. The second-order valence-electron chi connectivity index (χ2n) is 6.52. The van der Waals surface area contributed by atoms with Gasteiger partial charge in [-0.05, 0) is 43.0 Å². The Balaban J connectivity index is 1.50. The Bertz CT molecular complexity index is 751. The fourth-order valence-electron chi connectivity index (χ4n) is 3.23. The largest absolute Gasteiger partial charge is 0.463 e. The quantitative estimate of drug-likeness (QED) is 0.789. The van der Waals surface area contributed by atoms with Crippen molar-refractivity contribution in [1.29, 1.82) is 0 Å². The van der Waals surface area contributed by atoms with Gasteiger partial charge < -0.3 is 19.5 Å². The zero-order chi connectivity index (χ0) is 17.6. The Morgan fingerprint density at radius 3 is 2.88 bits per heavy atom. The highest BCUT2D eigenvalue weighted by Crippen LogP contribution is 2.26. The summed E-state index contributed by atoms with van der Waals surface area (Å²) in [5, 5.41) is 2.74. The van der Waals surface area contributed by atoms with E-state index in [-0.39, 0.29) is 11.7 Å². The molecular formula is C19H24N2O4. The molecule has 2 aromatic rings. The van der Waals surface area contributed by atoms with Crippen LogP contribution in [0.5, 0.6) is 0 Å². The van der Waals surface area contributed by atoms with Crippen molar-refractivity contribution in [3.63, 3.8) is 0 Å². The van der Waals surface area contributed by atoms with E-state index in [0.717, 1.165) is 6.42 Å². The van der Waals surface area contributed by atoms with Gasteiger partial charge in [0.2, 0.25) is 0 Å². The summed E-state index contributed by atoms with van der Waals surface area (Å²) in [5.41, 5.74) is 0.190. The van der Waals surface area contributed by atoms with Crippen LogP contribution < -0.4 is 10.9 Å². The summed E-state index contributed by atoms with van der Waals surface area (Å²) in [6.07, 6.45) is 6.58. The summed E-state index contributed by atoms with van der Waals surface area (Å²) in [6, 6.07) is 6.65. The molecule has 2 aromatic heterocycles. The van der Waals surface area contributed by atoms with Gasteiger partial charge in [-0.3, -0.25) is 9.59 Å². The van der Waals surface area contributed by atoms with Crippen molar-refractivity contribution in [2.75, 3.05) is 13.2 Å². The zero-order valence-electron chi connectivity index (χ0n) is 14.4. The fourth-order valence-corrected chi connectivity index (χ4v) is 3.23. The minimum atomic E-state index is -0.437. The summed E-state index contributed by atoms with van der Waals surface area (Å²) in [6.45, 7) is 3.06. The van der Waals surface area contributed by atoms with Crippen molar-refractivity contribution in [1.82, 2.24) is 10.3 Å². The lowest BCUT2D eigenvalue weighted by Crippen LogP contribution is -2.34. The first-order valence-corrected chi connectivity index (χ1v) is 8.82. The number of furan rings is 1. The average Bonchev–Trinajstić information content (AvgIpc) is 3.14. The van der Waals surface area contributed by atoms with Crippen LogP contribution in [0.1, 0.15) is 43.0 Å². The van der Waals surface area contributed by atoms with Crippen molar-refractivity contribution < 1.29 is 13.9 Å². The lowest BCUT2D eigenvalue weighted by Gasteiger charge is -2.28. The molecule has 0 bridgehead atoms. The maximum atomic E-state index is 12.2. The normalized spacial score (nSPS) is 20.4. The van der Waals surface area contributed by atoms with Gasteiger partial charge in [0.05, 0.1) is 24.7 Å². The molecule has 3 rings (SSSR count). The molecule has 134 valence electrons. The molecule has 2 heterocycles. The van der Waals surface area contributed by atoms with Gasteiger partial charge in [-0.2, -0.15) is 0 Å².